The first-order valence-corrected chi connectivity index (χ1v) is 12.5. The number of aromatic nitrogens is 2. The normalized spacial score (nSPS) is 13.1. The summed E-state index contributed by atoms with van der Waals surface area (Å²) in [7, 11) is 0. The van der Waals surface area contributed by atoms with Crippen molar-refractivity contribution in [1.82, 2.24) is 9.78 Å². The van der Waals surface area contributed by atoms with Gasteiger partial charge in [-0.25, -0.2) is 13.2 Å². The summed E-state index contributed by atoms with van der Waals surface area (Å²) in [5.74, 6) is -2.43. The predicted octanol–water partition coefficient (Wildman–Crippen LogP) is 8.94. The van der Waals surface area contributed by atoms with Gasteiger partial charge in [0.15, 0.2) is 0 Å². The van der Waals surface area contributed by atoms with Crippen LogP contribution in [0.1, 0.15) is 28.7 Å². The fourth-order valence-corrected chi connectivity index (χ4v) is 4.99. The van der Waals surface area contributed by atoms with Crippen molar-refractivity contribution in [3.05, 3.63) is 119 Å². The van der Waals surface area contributed by atoms with Gasteiger partial charge < -0.3 is 4.74 Å². The van der Waals surface area contributed by atoms with Crippen molar-refractivity contribution in [2.45, 2.75) is 25.6 Å². The molecule has 0 N–H and O–H groups in total. The Kier molecular flexibility index (Phi) is 6.37. The van der Waals surface area contributed by atoms with Gasteiger partial charge in [0.1, 0.15) is 34.5 Å². The van der Waals surface area contributed by atoms with Gasteiger partial charge in [-0.15, -0.1) is 0 Å². The molecule has 0 amide bonds. The summed E-state index contributed by atoms with van der Waals surface area (Å²) in [5, 5.41) is 4.27. The van der Waals surface area contributed by atoms with Gasteiger partial charge in [-0.05, 0) is 54.3 Å². The summed E-state index contributed by atoms with van der Waals surface area (Å²) in [4.78, 5) is 0. The second-order valence-corrected chi connectivity index (χ2v) is 9.49. The van der Waals surface area contributed by atoms with E-state index in [1.54, 1.807) is 24.3 Å². The number of aryl methyl sites for hydroxylation is 1. The Bertz CT molecular complexity index is 1760. The number of fused-ring (bicyclic) bond motifs is 2. The number of alkyl halides is 3. The van der Waals surface area contributed by atoms with Crippen LogP contribution in [0.2, 0.25) is 0 Å². The first-order valence-electron chi connectivity index (χ1n) is 12.5. The van der Waals surface area contributed by atoms with E-state index in [1.807, 2.05) is 18.2 Å². The van der Waals surface area contributed by atoms with E-state index in [-0.39, 0.29) is 16.6 Å². The van der Waals surface area contributed by atoms with Crippen LogP contribution in [0.3, 0.4) is 0 Å². The molecule has 0 bridgehead atoms. The van der Waals surface area contributed by atoms with Crippen LogP contribution < -0.4 is 4.74 Å². The topological polar surface area (TPSA) is 27.1 Å². The standard InChI is InChI=1S/C31H20F6N2O/c32-21-15-27(33)25(28(34)16-21)17-39-30(24-9-4-10-26(29(24)38-39)31(35,36)37)20-7-3-8-22(14-20)40-23-12-11-18-5-1-2-6-19(18)13-23/h1,3-5,7-16H,2,6,17H2. The molecule has 202 valence electrons. The molecule has 1 aliphatic carbocycles. The summed E-state index contributed by atoms with van der Waals surface area (Å²) < 4.78 is 91.4. The minimum absolute atomic E-state index is 0.135. The van der Waals surface area contributed by atoms with Crippen LogP contribution in [-0.2, 0) is 19.1 Å². The number of hydrogen-bond acceptors (Lipinski definition) is 2. The van der Waals surface area contributed by atoms with E-state index < -0.39 is 41.3 Å². The van der Waals surface area contributed by atoms with Gasteiger partial charge in [-0.1, -0.05) is 42.5 Å². The quantitative estimate of drug-likeness (QED) is 0.204. The van der Waals surface area contributed by atoms with Crippen LogP contribution >= 0.6 is 0 Å². The van der Waals surface area contributed by atoms with Crippen molar-refractivity contribution in [3.8, 4) is 22.8 Å². The zero-order valence-electron chi connectivity index (χ0n) is 20.8. The molecule has 0 fully saturated rings. The van der Waals surface area contributed by atoms with E-state index in [1.165, 1.54) is 12.1 Å². The summed E-state index contributed by atoms with van der Waals surface area (Å²) in [6.07, 6.45) is 1.25. The number of benzene rings is 4. The molecule has 3 nitrogen and oxygen atoms in total. The van der Waals surface area contributed by atoms with Crippen molar-refractivity contribution in [3.63, 3.8) is 0 Å². The summed E-state index contributed by atoms with van der Waals surface area (Å²) in [6, 6.07) is 17.0. The molecule has 5 aromatic rings. The van der Waals surface area contributed by atoms with Crippen LogP contribution in [0.15, 0.2) is 78.9 Å². The summed E-state index contributed by atoms with van der Waals surface area (Å²) in [6.45, 7) is -0.567. The Morgan fingerprint density at radius 1 is 0.850 bits per heavy atom. The molecule has 4 aromatic carbocycles. The van der Waals surface area contributed by atoms with Gasteiger partial charge in [0.25, 0.3) is 0 Å². The highest BCUT2D eigenvalue weighted by Gasteiger charge is 2.34. The monoisotopic (exact) mass is 550 g/mol. The van der Waals surface area contributed by atoms with E-state index in [0.717, 1.165) is 34.7 Å². The molecule has 0 radical (unpaired) electrons. The molecule has 0 atom stereocenters. The first kappa shape index (κ1) is 25.7. The van der Waals surface area contributed by atoms with Crippen LogP contribution in [-0.4, -0.2) is 9.78 Å². The van der Waals surface area contributed by atoms with Gasteiger partial charge in [0.2, 0.25) is 0 Å². The highest BCUT2D eigenvalue weighted by Crippen LogP contribution is 2.39. The summed E-state index contributed by atoms with van der Waals surface area (Å²) >= 11 is 0. The molecular formula is C31H20F6N2O. The molecule has 0 saturated carbocycles. The third-order valence-electron chi connectivity index (χ3n) is 6.82. The van der Waals surface area contributed by atoms with Crippen molar-refractivity contribution < 1.29 is 31.1 Å². The summed E-state index contributed by atoms with van der Waals surface area (Å²) in [5.41, 5.74) is 0.988. The third-order valence-corrected chi connectivity index (χ3v) is 6.82. The van der Waals surface area contributed by atoms with Crippen molar-refractivity contribution in [2.24, 2.45) is 0 Å². The molecular weight excluding hydrogens is 530 g/mol. The third kappa shape index (κ3) is 4.83. The van der Waals surface area contributed by atoms with E-state index in [4.69, 9.17) is 4.74 Å². The van der Waals surface area contributed by atoms with Gasteiger partial charge >= 0.3 is 6.18 Å². The Hall–Kier alpha value is -4.53. The maximum absolute atomic E-state index is 14.6. The average molecular weight is 551 g/mol. The number of allylic oxidation sites excluding steroid dienone is 1. The molecule has 1 aliphatic rings. The van der Waals surface area contributed by atoms with Crippen LogP contribution in [0.5, 0.6) is 11.5 Å². The lowest BCUT2D eigenvalue weighted by atomic mass is 9.97. The SMILES string of the molecule is Fc1cc(F)c(Cn2nc3c(C(F)(F)F)cccc3c2-c2cccc(Oc3ccc4c(c3)CCC=C4)c2)c(F)c1. The Labute approximate surface area is 224 Å². The maximum Gasteiger partial charge on any atom is 0.418 e. The Balaban J connectivity index is 1.47. The van der Waals surface area contributed by atoms with Crippen LogP contribution in [0.25, 0.3) is 28.2 Å². The molecule has 0 saturated heterocycles. The smallest absolute Gasteiger partial charge is 0.418 e. The second kappa shape index (κ2) is 9.89. The van der Waals surface area contributed by atoms with Crippen molar-refractivity contribution >= 4 is 17.0 Å². The Morgan fingerprint density at radius 3 is 2.38 bits per heavy atom. The number of nitrogens with zero attached hydrogens (tertiary/aromatic N) is 2. The minimum Gasteiger partial charge on any atom is -0.457 e. The predicted molar refractivity (Wildman–Crippen MR) is 139 cm³/mol. The van der Waals surface area contributed by atoms with E-state index >= 15 is 0 Å². The number of rotatable bonds is 5. The van der Waals surface area contributed by atoms with E-state index in [9.17, 15) is 26.3 Å². The zero-order chi connectivity index (χ0) is 28.0. The van der Waals surface area contributed by atoms with E-state index in [2.05, 4.69) is 17.3 Å². The molecule has 0 spiro atoms. The Morgan fingerprint density at radius 2 is 1.60 bits per heavy atom. The zero-order valence-corrected chi connectivity index (χ0v) is 20.8. The van der Waals surface area contributed by atoms with Crippen LogP contribution in [0.4, 0.5) is 26.3 Å². The highest BCUT2D eigenvalue weighted by atomic mass is 19.4. The van der Waals surface area contributed by atoms with Gasteiger partial charge in [-0.2, -0.15) is 18.3 Å². The number of hydrogen-bond donors (Lipinski definition) is 0. The largest absolute Gasteiger partial charge is 0.457 e. The van der Waals surface area contributed by atoms with Gasteiger partial charge in [0, 0.05) is 28.6 Å². The fraction of sp³-hybridized carbons (Fsp3) is 0.129. The van der Waals surface area contributed by atoms with Crippen LogP contribution in [0, 0.1) is 17.5 Å². The molecule has 40 heavy (non-hydrogen) atoms. The van der Waals surface area contributed by atoms with Crippen molar-refractivity contribution in [1.29, 1.82) is 0 Å². The molecule has 0 aliphatic heterocycles. The fourth-order valence-electron chi connectivity index (χ4n) is 4.99. The molecule has 0 unspecified atom stereocenters. The lowest BCUT2D eigenvalue weighted by Crippen LogP contribution is -2.09. The second-order valence-electron chi connectivity index (χ2n) is 9.49. The van der Waals surface area contributed by atoms with Gasteiger partial charge in [0.05, 0.1) is 17.8 Å². The first-order chi connectivity index (χ1) is 19.2. The van der Waals surface area contributed by atoms with Gasteiger partial charge in [-0.3, -0.25) is 4.68 Å². The lowest BCUT2D eigenvalue weighted by Gasteiger charge is -2.14. The lowest BCUT2D eigenvalue weighted by molar-refractivity contribution is -0.136. The molecule has 1 aromatic heterocycles. The van der Waals surface area contributed by atoms with Crippen molar-refractivity contribution in [2.75, 3.05) is 0 Å². The molecule has 9 heteroatoms. The average Bonchev–Trinajstić information content (AvgIpc) is 3.28. The maximum atomic E-state index is 14.6. The number of ether oxygens (including phenoxy) is 1. The molecule has 6 rings (SSSR count). The van der Waals surface area contributed by atoms with E-state index in [0.29, 0.717) is 29.2 Å². The number of halogens is 6. The highest BCUT2D eigenvalue weighted by molar-refractivity contribution is 5.95. The minimum atomic E-state index is -4.71. The molecule has 1 heterocycles.